The number of nitrogens with zero attached hydrogens (tertiary/aromatic N) is 2. The number of amides is 2. The Bertz CT molecular complexity index is 860. The van der Waals surface area contributed by atoms with Crippen LogP contribution >= 0.6 is 0 Å². The van der Waals surface area contributed by atoms with Crippen molar-refractivity contribution < 1.29 is 22.0 Å². The fourth-order valence-electron chi connectivity index (χ4n) is 3.51. The predicted molar refractivity (Wildman–Crippen MR) is 89.4 cm³/mol. The molecule has 2 aliphatic rings. The molecule has 2 aliphatic heterocycles. The molecular weight excluding hydrogens is 350 g/mol. The first-order valence-corrected chi connectivity index (χ1v) is 9.52. The molecule has 4 rings (SSSR count). The molecule has 0 saturated carbocycles. The van der Waals surface area contributed by atoms with Crippen LogP contribution in [0.15, 0.2) is 48.5 Å². The number of rotatable bonds is 2. The number of sulfone groups is 1. The minimum atomic E-state index is -3.31. The first-order valence-electron chi connectivity index (χ1n) is 7.70. The quantitative estimate of drug-likeness (QED) is 0.770. The monoisotopic (exact) mass is 364 g/mol. The summed E-state index contributed by atoms with van der Waals surface area (Å²) in [5.74, 6) is -1.19. The van der Waals surface area contributed by atoms with Crippen molar-refractivity contribution in [1.29, 1.82) is 0 Å². The lowest BCUT2D eigenvalue weighted by molar-refractivity contribution is 0.255. The molecule has 0 radical (unpaired) electrons. The number of carbonyl (C=O) groups excluding carboxylic acids is 1. The highest BCUT2D eigenvalue weighted by molar-refractivity contribution is 7.91. The summed E-state index contributed by atoms with van der Waals surface area (Å²) in [4.78, 5) is 15.7. The normalized spacial score (nSPS) is 24.6. The average molecular weight is 364 g/mol. The van der Waals surface area contributed by atoms with E-state index in [2.05, 4.69) is 0 Å². The van der Waals surface area contributed by atoms with E-state index < -0.39 is 39.6 Å². The van der Waals surface area contributed by atoms with Crippen LogP contribution in [0.1, 0.15) is 0 Å². The molecule has 25 heavy (non-hydrogen) atoms. The van der Waals surface area contributed by atoms with E-state index in [9.17, 15) is 22.0 Å². The number of halogens is 2. The minimum absolute atomic E-state index is 0.154. The van der Waals surface area contributed by atoms with Crippen LogP contribution in [0.4, 0.5) is 25.0 Å². The van der Waals surface area contributed by atoms with Crippen LogP contribution in [-0.2, 0) is 9.84 Å². The van der Waals surface area contributed by atoms with Crippen molar-refractivity contribution in [3.8, 4) is 0 Å². The number of anilines is 2. The lowest BCUT2D eigenvalue weighted by atomic mass is 10.1. The minimum Gasteiger partial charge on any atom is -0.288 e. The van der Waals surface area contributed by atoms with E-state index in [1.807, 2.05) is 0 Å². The van der Waals surface area contributed by atoms with Gasteiger partial charge in [0.05, 0.1) is 23.6 Å². The van der Waals surface area contributed by atoms with E-state index in [0.29, 0.717) is 11.4 Å². The standard InChI is InChI=1S/C17H14F2N2O3S/c18-11-1-5-13(6-2-11)20-15-9-25(23,24)10-16(15)21(17(20)22)14-7-3-12(19)4-8-14/h1-8,15-16H,9-10H2/t15-,16-/m1/s1. The second-order valence-electron chi connectivity index (χ2n) is 6.19. The maximum absolute atomic E-state index is 13.2. The van der Waals surface area contributed by atoms with Gasteiger partial charge in [0.25, 0.3) is 0 Å². The number of fused-ring (bicyclic) bond motifs is 1. The molecule has 0 N–H and O–H groups in total. The molecule has 2 aromatic carbocycles. The topological polar surface area (TPSA) is 57.7 Å². The smallest absolute Gasteiger partial charge is 0.288 e. The molecular formula is C17H14F2N2O3S. The highest BCUT2D eigenvalue weighted by atomic mass is 32.2. The zero-order valence-corrected chi connectivity index (χ0v) is 13.8. The third kappa shape index (κ3) is 2.66. The lowest BCUT2D eigenvalue weighted by Gasteiger charge is -2.22. The van der Waals surface area contributed by atoms with Gasteiger partial charge in [0.15, 0.2) is 9.84 Å². The second kappa shape index (κ2) is 5.52. The van der Waals surface area contributed by atoms with E-state index in [0.717, 1.165) is 0 Å². The molecule has 0 aliphatic carbocycles. The van der Waals surface area contributed by atoms with E-state index in [-0.39, 0.29) is 11.5 Å². The SMILES string of the molecule is O=C1N(c2ccc(F)cc2)[C@@H]2CS(=O)(=O)C[C@H]2N1c1ccc(F)cc1. The molecule has 2 atom stereocenters. The molecule has 0 unspecified atom stereocenters. The van der Waals surface area contributed by atoms with Crippen molar-refractivity contribution in [1.82, 2.24) is 0 Å². The van der Waals surface area contributed by atoms with Crippen LogP contribution in [0.5, 0.6) is 0 Å². The highest BCUT2D eigenvalue weighted by Crippen LogP contribution is 2.37. The molecule has 2 fully saturated rings. The molecule has 2 amide bonds. The van der Waals surface area contributed by atoms with Gasteiger partial charge in [-0.3, -0.25) is 9.80 Å². The summed E-state index contributed by atoms with van der Waals surface area (Å²) in [5.41, 5.74) is 0.867. The Hall–Kier alpha value is -2.48. The van der Waals surface area contributed by atoms with Gasteiger partial charge in [-0.05, 0) is 48.5 Å². The summed E-state index contributed by atoms with van der Waals surface area (Å²) in [6.07, 6.45) is 0. The fraction of sp³-hybridized carbons (Fsp3) is 0.235. The van der Waals surface area contributed by atoms with Gasteiger partial charge in [-0.25, -0.2) is 22.0 Å². The molecule has 8 heteroatoms. The van der Waals surface area contributed by atoms with Crippen molar-refractivity contribution in [2.45, 2.75) is 12.1 Å². The summed E-state index contributed by atoms with van der Waals surface area (Å²) in [6, 6.07) is 9.16. The van der Waals surface area contributed by atoms with E-state index in [4.69, 9.17) is 0 Å². The number of benzene rings is 2. The van der Waals surface area contributed by atoms with Gasteiger partial charge in [-0.2, -0.15) is 0 Å². The molecule has 2 aromatic rings. The van der Waals surface area contributed by atoms with Gasteiger partial charge >= 0.3 is 6.03 Å². The summed E-state index contributed by atoms with van der Waals surface area (Å²) in [6.45, 7) is 0. The van der Waals surface area contributed by atoms with Gasteiger partial charge in [0, 0.05) is 11.4 Å². The fourth-order valence-corrected chi connectivity index (χ4v) is 5.43. The Balaban J connectivity index is 1.79. The van der Waals surface area contributed by atoms with Gasteiger partial charge in [0.1, 0.15) is 11.6 Å². The average Bonchev–Trinajstić information content (AvgIpc) is 2.99. The Morgan fingerprint density at radius 3 is 1.48 bits per heavy atom. The van der Waals surface area contributed by atoms with Crippen LogP contribution in [0.25, 0.3) is 0 Å². The molecule has 5 nitrogen and oxygen atoms in total. The van der Waals surface area contributed by atoms with Crippen molar-refractivity contribution in [2.75, 3.05) is 21.3 Å². The molecule has 0 bridgehead atoms. The van der Waals surface area contributed by atoms with Crippen LogP contribution < -0.4 is 9.80 Å². The summed E-state index contributed by atoms with van der Waals surface area (Å²) >= 11 is 0. The van der Waals surface area contributed by atoms with E-state index in [1.165, 1.54) is 58.3 Å². The Labute approximate surface area is 143 Å². The van der Waals surface area contributed by atoms with Crippen LogP contribution in [-0.4, -0.2) is 38.0 Å². The van der Waals surface area contributed by atoms with E-state index in [1.54, 1.807) is 0 Å². The predicted octanol–water partition coefficient (Wildman–Crippen LogP) is 2.58. The van der Waals surface area contributed by atoms with Crippen LogP contribution in [0.3, 0.4) is 0 Å². The van der Waals surface area contributed by atoms with Crippen LogP contribution in [0.2, 0.25) is 0 Å². The second-order valence-corrected chi connectivity index (χ2v) is 8.34. The molecule has 0 spiro atoms. The van der Waals surface area contributed by atoms with Crippen molar-refractivity contribution in [3.05, 3.63) is 60.2 Å². The Kier molecular flexibility index (Phi) is 3.54. The summed E-state index contributed by atoms with van der Waals surface area (Å²) < 4.78 is 50.6. The van der Waals surface area contributed by atoms with Crippen molar-refractivity contribution in [2.24, 2.45) is 0 Å². The summed E-state index contributed by atoms with van der Waals surface area (Å²) in [7, 11) is -3.31. The van der Waals surface area contributed by atoms with Crippen LogP contribution in [0, 0.1) is 11.6 Å². The lowest BCUT2D eigenvalue weighted by Crippen LogP contribution is -2.37. The number of carbonyl (C=O) groups is 1. The van der Waals surface area contributed by atoms with Gasteiger partial charge in [0.2, 0.25) is 0 Å². The maximum atomic E-state index is 13.2. The van der Waals surface area contributed by atoms with Crippen molar-refractivity contribution >= 4 is 27.2 Å². The largest absolute Gasteiger partial charge is 0.329 e. The first-order chi connectivity index (χ1) is 11.9. The summed E-state index contributed by atoms with van der Waals surface area (Å²) in [5, 5.41) is 0. The van der Waals surface area contributed by atoms with Gasteiger partial charge < -0.3 is 0 Å². The van der Waals surface area contributed by atoms with Crippen molar-refractivity contribution in [3.63, 3.8) is 0 Å². The molecule has 2 heterocycles. The first kappa shape index (κ1) is 16.0. The van der Waals surface area contributed by atoms with E-state index >= 15 is 0 Å². The zero-order valence-electron chi connectivity index (χ0n) is 13.0. The molecule has 130 valence electrons. The third-order valence-corrected chi connectivity index (χ3v) is 6.28. The maximum Gasteiger partial charge on any atom is 0.329 e. The number of hydrogen-bond acceptors (Lipinski definition) is 3. The molecule has 2 saturated heterocycles. The highest BCUT2D eigenvalue weighted by Gasteiger charge is 2.54. The molecule has 0 aromatic heterocycles. The van der Waals surface area contributed by atoms with Gasteiger partial charge in [-0.1, -0.05) is 0 Å². The number of hydrogen-bond donors (Lipinski definition) is 0. The zero-order chi connectivity index (χ0) is 17.8. The Morgan fingerprint density at radius 2 is 1.12 bits per heavy atom. The third-order valence-electron chi connectivity index (χ3n) is 4.58. The van der Waals surface area contributed by atoms with Gasteiger partial charge in [-0.15, -0.1) is 0 Å². The number of urea groups is 1. The Morgan fingerprint density at radius 1 is 0.760 bits per heavy atom.